The van der Waals surface area contributed by atoms with Crippen LogP contribution in [0.25, 0.3) is 0 Å². The smallest absolute Gasteiger partial charge is 0.327 e. The number of carbonyl (C=O) groups excluding carboxylic acids is 1. The summed E-state index contributed by atoms with van der Waals surface area (Å²) in [4.78, 5) is 12.3. The molecule has 4 nitrogen and oxygen atoms in total. The van der Waals surface area contributed by atoms with E-state index in [1.54, 1.807) is 7.11 Å². The highest BCUT2D eigenvalue weighted by atomic mass is 16.5. The minimum absolute atomic E-state index is 0.200. The molecule has 0 aromatic heterocycles. The van der Waals surface area contributed by atoms with Crippen LogP contribution in [-0.2, 0) is 9.53 Å². The largest absolute Gasteiger partial charge is 0.496 e. The molecule has 0 aliphatic heterocycles. The Labute approximate surface area is 126 Å². The maximum Gasteiger partial charge on any atom is 0.327 e. The number of rotatable bonds is 6. The van der Waals surface area contributed by atoms with E-state index >= 15 is 0 Å². The summed E-state index contributed by atoms with van der Waals surface area (Å²) in [5, 5.41) is 3.47. The van der Waals surface area contributed by atoms with Crippen molar-refractivity contribution in [2.75, 3.05) is 13.7 Å². The van der Waals surface area contributed by atoms with Gasteiger partial charge in [-0.25, -0.2) is 4.79 Å². The molecule has 1 saturated carbocycles. The summed E-state index contributed by atoms with van der Waals surface area (Å²) in [5.74, 6) is 0.635. The van der Waals surface area contributed by atoms with E-state index in [4.69, 9.17) is 9.47 Å². The highest BCUT2D eigenvalue weighted by Gasteiger charge is 2.27. The van der Waals surface area contributed by atoms with Crippen LogP contribution < -0.4 is 10.1 Å². The van der Waals surface area contributed by atoms with Gasteiger partial charge in [-0.3, -0.25) is 5.32 Å². The third kappa shape index (κ3) is 3.97. The van der Waals surface area contributed by atoms with Crippen molar-refractivity contribution < 1.29 is 14.3 Å². The maximum absolute atomic E-state index is 12.3. The lowest BCUT2D eigenvalue weighted by molar-refractivity contribution is -0.146. The topological polar surface area (TPSA) is 47.6 Å². The summed E-state index contributed by atoms with van der Waals surface area (Å²) in [6, 6.07) is 5.87. The standard InChI is InChI=1S/C17H25NO3/c1-4-21-17(19)16(18-14-7-5-6-8-14)13-9-10-15(20-3)12(2)11-13/h9-11,14,16,18H,4-8H2,1-3H3. The predicted octanol–water partition coefficient (Wildman–Crippen LogP) is 3.14. The Morgan fingerprint density at radius 3 is 2.67 bits per heavy atom. The van der Waals surface area contributed by atoms with Crippen molar-refractivity contribution in [3.8, 4) is 5.75 Å². The Hall–Kier alpha value is -1.55. The molecule has 0 amide bonds. The summed E-state index contributed by atoms with van der Waals surface area (Å²) in [6.45, 7) is 4.22. The zero-order chi connectivity index (χ0) is 15.2. The Morgan fingerprint density at radius 1 is 1.38 bits per heavy atom. The van der Waals surface area contributed by atoms with Gasteiger partial charge in [0, 0.05) is 6.04 Å². The van der Waals surface area contributed by atoms with Gasteiger partial charge >= 0.3 is 5.97 Å². The van der Waals surface area contributed by atoms with Crippen molar-refractivity contribution in [1.29, 1.82) is 0 Å². The molecule has 1 aliphatic rings. The van der Waals surface area contributed by atoms with Gasteiger partial charge in [-0.15, -0.1) is 0 Å². The van der Waals surface area contributed by atoms with E-state index in [9.17, 15) is 4.79 Å². The molecule has 0 bridgehead atoms. The number of hydrogen-bond donors (Lipinski definition) is 1. The molecule has 4 heteroatoms. The van der Waals surface area contributed by atoms with Gasteiger partial charge in [0.2, 0.25) is 0 Å². The third-order valence-electron chi connectivity index (χ3n) is 4.03. The normalized spacial score (nSPS) is 16.7. The van der Waals surface area contributed by atoms with Gasteiger partial charge in [-0.1, -0.05) is 25.0 Å². The van der Waals surface area contributed by atoms with Crippen LogP contribution in [0.3, 0.4) is 0 Å². The molecule has 21 heavy (non-hydrogen) atoms. The van der Waals surface area contributed by atoms with Crippen LogP contribution in [0.15, 0.2) is 18.2 Å². The monoisotopic (exact) mass is 291 g/mol. The van der Waals surface area contributed by atoms with E-state index in [2.05, 4.69) is 5.32 Å². The second kappa shape index (κ2) is 7.46. The summed E-state index contributed by atoms with van der Waals surface area (Å²) in [5.41, 5.74) is 1.97. The van der Waals surface area contributed by atoms with Crippen LogP contribution in [0.4, 0.5) is 0 Å². The predicted molar refractivity (Wildman–Crippen MR) is 82.5 cm³/mol. The molecule has 0 heterocycles. The number of esters is 1. The van der Waals surface area contributed by atoms with Gasteiger partial charge in [-0.2, -0.15) is 0 Å². The lowest BCUT2D eigenvalue weighted by Crippen LogP contribution is -2.36. The highest BCUT2D eigenvalue weighted by molar-refractivity contribution is 5.78. The van der Waals surface area contributed by atoms with Crippen molar-refractivity contribution in [2.45, 2.75) is 51.6 Å². The van der Waals surface area contributed by atoms with Gasteiger partial charge in [-0.05, 0) is 43.9 Å². The molecule has 1 aliphatic carbocycles. The molecule has 1 unspecified atom stereocenters. The second-order valence-electron chi connectivity index (χ2n) is 5.56. The first-order valence-electron chi connectivity index (χ1n) is 7.73. The van der Waals surface area contributed by atoms with Crippen LogP contribution in [0, 0.1) is 6.92 Å². The minimum Gasteiger partial charge on any atom is -0.496 e. The number of benzene rings is 1. The van der Waals surface area contributed by atoms with Crippen molar-refractivity contribution >= 4 is 5.97 Å². The molecule has 2 rings (SSSR count). The first-order valence-corrected chi connectivity index (χ1v) is 7.73. The van der Waals surface area contributed by atoms with E-state index < -0.39 is 6.04 Å². The number of aryl methyl sites for hydroxylation is 1. The summed E-state index contributed by atoms with van der Waals surface area (Å²) < 4.78 is 10.5. The lowest BCUT2D eigenvalue weighted by atomic mass is 10.0. The number of methoxy groups -OCH3 is 1. The number of carbonyl (C=O) groups is 1. The molecule has 1 fully saturated rings. The summed E-state index contributed by atoms with van der Waals surface area (Å²) in [6.07, 6.45) is 4.72. The molecule has 0 spiro atoms. The summed E-state index contributed by atoms with van der Waals surface area (Å²) >= 11 is 0. The summed E-state index contributed by atoms with van der Waals surface area (Å²) in [7, 11) is 1.65. The van der Waals surface area contributed by atoms with E-state index in [1.807, 2.05) is 32.0 Å². The Kier molecular flexibility index (Phi) is 5.62. The lowest BCUT2D eigenvalue weighted by Gasteiger charge is -2.22. The fourth-order valence-corrected chi connectivity index (χ4v) is 2.94. The van der Waals surface area contributed by atoms with Gasteiger partial charge in [0.25, 0.3) is 0 Å². The second-order valence-corrected chi connectivity index (χ2v) is 5.56. The van der Waals surface area contributed by atoms with Gasteiger partial charge in [0.15, 0.2) is 0 Å². The van der Waals surface area contributed by atoms with E-state index in [0.29, 0.717) is 12.6 Å². The van der Waals surface area contributed by atoms with E-state index in [-0.39, 0.29) is 5.97 Å². The molecular weight excluding hydrogens is 266 g/mol. The van der Waals surface area contributed by atoms with Gasteiger partial charge in [0.1, 0.15) is 11.8 Å². The average Bonchev–Trinajstić information content (AvgIpc) is 2.98. The molecule has 0 radical (unpaired) electrons. The van der Waals surface area contributed by atoms with Crippen LogP contribution in [0.5, 0.6) is 5.75 Å². The van der Waals surface area contributed by atoms with Crippen molar-refractivity contribution in [1.82, 2.24) is 5.32 Å². The minimum atomic E-state index is -0.391. The SMILES string of the molecule is CCOC(=O)C(NC1CCCC1)c1ccc(OC)c(C)c1. The molecule has 1 aromatic carbocycles. The van der Waals surface area contributed by atoms with Crippen LogP contribution in [0.1, 0.15) is 49.8 Å². The molecule has 1 atom stereocenters. The first kappa shape index (κ1) is 15.8. The first-order chi connectivity index (χ1) is 10.2. The van der Waals surface area contributed by atoms with E-state index in [1.165, 1.54) is 12.8 Å². The van der Waals surface area contributed by atoms with Crippen molar-refractivity contribution in [2.24, 2.45) is 0 Å². The molecule has 1 aromatic rings. The zero-order valence-electron chi connectivity index (χ0n) is 13.1. The van der Waals surface area contributed by atoms with Crippen LogP contribution in [-0.4, -0.2) is 25.7 Å². The fourth-order valence-electron chi connectivity index (χ4n) is 2.94. The average molecular weight is 291 g/mol. The Balaban J connectivity index is 2.20. The number of nitrogens with one attached hydrogen (secondary N) is 1. The van der Waals surface area contributed by atoms with Crippen molar-refractivity contribution in [3.05, 3.63) is 29.3 Å². The molecule has 116 valence electrons. The Morgan fingerprint density at radius 2 is 2.10 bits per heavy atom. The van der Waals surface area contributed by atoms with E-state index in [0.717, 1.165) is 29.7 Å². The van der Waals surface area contributed by atoms with Crippen molar-refractivity contribution in [3.63, 3.8) is 0 Å². The molecular formula is C17H25NO3. The highest BCUT2D eigenvalue weighted by Crippen LogP contribution is 2.26. The maximum atomic E-state index is 12.3. The van der Waals surface area contributed by atoms with Crippen LogP contribution in [0.2, 0.25) is 0 Å². The molecule has 0 saturated heterocycles. The van der Waals surface area contributed by atoms with Gasteiger partial charge in [0.05, 0.1) is 13.7 Å². The number of hydrogen-bond acceptors (Lipinski definition) is 4. The quantitative estimate of drug-likeness (QED) is 0.818. The molecule has 1 N–H and O–H groups in total. The third-order valence-corrected chi connectivity index (χ3v) is 4.03. The van der Waals surface area contributed by atoms with Crippen LogP contribution >= 0.6 is 0 Å². The zero-order valence-corrected chi connectivity index (χ0v) is 13.1. The number of ether oxygens (including phenoxy) is 2. The fraction of sp³-hybridized carbons (Fsp3) is 0.588. The van der Waals surface area contributed by atoms with Gasteiger partial charge < -0.3 is 9.47 Å². The Bertz CT molecular complexity index is 481.